The van der Waals surface area contributed by atoms with E-state index in [1.165, 1.54) is 0 Å². The van der Waals surface area contributed by atoms with Gasteiger partial charge in [0.1, 0.15) is 0 Å². The molecule has 37 heavy (non-hydrogen) atoms. The van der Waals surface area contributed by atoms with E-state index >= 15 is 0 Å². The number of rotatable bonds is 8. The fourth-order valence-electron chi connectivity index (χ4n) is 6.18. The normalized spacial score (nSPS) is 25.3. The number of amides is 1. The third kappa shape index (κ3) is 4.71. The van der Waals surface area contributed by atoms with E-state index in [9.17, 15) is 15.0 Å². The summed E-state index contributed by atoms with van der Waals surface area (Å²) in [6, 6.07) is 16.0. The van der Waals surface area contributed by atoms with E-state index in [1.54, 1.807) is 18.5 Å². The van der Waals surface area contributed by atoms with Crippen LogP contribution < -0.4 is 4.90 Å². The number of benzene rings is 2. The fraction of sp³-hybridized carbons (Fsp3) is 0.464. The highest BCUT2D eigenvalue weighted by Crippen LogP contribution is 2.58. The molecule has 3 aromatic rings. The molecule has 5 rings (SSSR count). The number of halogens is 1. The Morgan fingerprint density at radius 2 is 1.95 bits per heavy atom. The summed E-state index contributed by atoms with van der Waals surface area (Å²) in [5, 5.41) is 28.8. The lowest BCUT2D eigenvalue weighted by molar-refractivity contribution is -0.146. The van der Waals surface area contributed by atoms with Gasteiger partial charge in [-0.2, -0.15) is 0 Å². The van der Waals surface area contributed by atoms with Crippen molar-refractivity contribution in [3.05, 3.63) is 75.1 Å². The molecule has 4 atom stereocenters. The van der Waals surface area contributed by atoms with Gasteiger partial charge >= 0.3 is 0 Å². The maximum atomic E-state index is 14.3. The lowest BCUT2D eigenvalue weighted by Gasteiger charge is -2.34. The molecular weight excluding hydrogens is 583 g/mol. The monoisotopic (exact) mass is 616 g/mol. The van der Waals surface area contributed by atoms with Crippen LogP contribution in [0.25, 0.3) is 0 Å². The predicted octanol–water partition coefficient (Wildman–Crippen LogP) is 3.67. The lowest BCUT2D eigenvalue weighted by atomic mass is 9.71. The Morgan fingerprint density at radius 3 is 2.65 bits per heavy atom. The van der Waals surface area contributed by atoms with Crippen molar-refractivity contribution in [3.8, 4) is 0 Å². The first kappa shape index (κ1) is 26.3. The van der Waals surface area contributed by atoms with E-state index in [1.807, 2.05) is 60.5 Å². The van der Waals surface area contributed by atoms with Crippen LogP contribution in [0.3, 0.4) is 0 Å². The quantitative estimate of drug-likeness (QED) is 0.375. The molecule has 0 unspecified atom stereocenters. The van der Waals surface area contributed by atoms with Gasteiger partial charge in [0, 0.05) is 46.7 Å². The Balaban J connectivity index is 1.50. The summed E-state index contributed by atoms with van der Waals surface area (Å²) in [7, 11) is 0. The molecule has 1 amide bonds. The minimum absolute atomic E-state index is 0.0189. The summed E-state index contributed by atoms with van der Waals surface area (Å²) in [5.41, 5.74) is 1.27. The first-order valence-corrected chi connectivity index (χ1v) is 13.8. The molecular formula is C28H33IN4O4. The van der Waals surface area contributed by atoms with Gasteiger partial charge < -0.3 is 19.8 Å². The number of aromatic nitrogens is 3. The Hall–Kier alpha value is -2.34. The van der Waals surface area contributed by atoms with E-state index in [2.05, 4.69) is 39.0 Å². The summed E-state index contributed by atoms with van der Waals surface area (Å²) < 4.78 is 9.61. The van der Waals surface area contributed by atoms with E-state index < -0.39 is 11.2 Å². The van der Waals surface area contributed by atoms with Crippen LogP contribution in [-0.4, -0.2) is 49.4 Å². The van der Waals surface area contributed by atoms with E-state index in [0.717, 1.165) is 26.1 Å². The van der Waals surface area contributed by atoms with Crippen LogP contribution in [0.4, 0.5) is 5.69 Å². The van der Waals surface area contributed by atoms with Crippen LogP contribution in [0.1, 0.15) is 44.0 Å². The number of aryl methyl sites for hydroxylation is 1. The molecule has 1 saturated heterocycles. The van der Waals surface area contributed by atoms with Crippen LogP contribution in [0.15, 0.2) is 54.7 Å². The average Bonchev–Trinajstić information content (AvgIpc) is 3.49. The van der Waals surface area contributed by atoms with E-state index in [4.69, 9.17) is 4.74 Å². The molecule has 9 heteroatoms. The van der Waals surface area contributed by atoms with Crippen molar-refractivity contribution in [2.24, 2.45) is 11.8 Å². The number of nitrogens with zero attached hydrogens (tertiary/aromatic N) is 4. The largest absolute Gasteiger partial charge is 0.396 e. The zero-order valence-corrected chi connectivity index (χ0v) is 23.5. The molecule has 0 aliphatic carbocycles. The highest BCUT2D eigenvalue weighted by atomic mass is 127. The number of ether oxygens (including phenoxy) is 1. The Kier molecular flexibility index (Phi) is 7.16. The molecule has 2 aliphatic heterocycles. The second-order valence-corrected chi connectivity index (χ2v) is 11.9. The van der Waals surface area contributed by atoms with Crippen molar-refractivity contribution in [1.82, 2.24) is 15.0 Å². The zero-order chi connectivity index (χ0) is 26.4. The lowest BCUT2D eigenvalue weighted by Crippen LogP contribution is -2.46. The summed E-state index contributed by atoms with van der Waals surface area (Å²) in [4.78, 5) is 16.2. The van der Waals surface area contributed by atoms with Crippen molar-refractivity contribution in [2.75, 3.05) is 11.5 Å². The van der Waals surface area contributed by atoms with Gasteiger partial charge in [0.2, 0.25) is 0 Å². The van der Waals surface area contributed by atoms with Crippen molar-refractivity contribution in [3.63, 3.8) is 0 Å². The molecule has 8 nitrogen and oxygen atoms in total. The van der Waals surface area contributed by atoms with Crippen molar-refractivity contribution in [1.29, 1.82) is 0 Å². The van der Waals surface area contributed by atoms with E-state index in [-0.39, 0.29) is 30.5 Å². The molecule has 1 fully saturated rings. The van der Waals surface area contributed by atoms with Gasteiger partial charge in [0.15, 0.2) is 5.60 Å². The number of anilines is 1. The first-order chi connectivity index (χ1) is 17.6. The number of carbonyl (C=O) groups excluding carboxylic acids is 1. The average molecular weight is 617 g/mol. The third-order valence-corrected chi connectivity index (χ3v) is 8.40. The van der Waals surface area contributed by atoms with E-state index in [0.29, 0.717) is 25.9 Å². The number of aliphatic hydroxyl groups is 2. The molecule has 1 aromatic heterocycles. The Bertz CT molecular complexity index is 1270. The molecule has 1 spiro atoms. The number of hydrogen-bond acceptors (Lipinski definition) is 6. The molecule has 2 N–H and O–H groups in total. The van der Waals surface area contributed by atoms with Gasteiger partial charge in [-0.15, -0.1) is 5.10 Å². The second kappa shape index (κ2) is 10.1. The van der Waals surface area contributed by atoms with Gasteiger partial charge in [-0.25, -0.2) is 0 Å². The van der Waals surface area contributed by atoms with Gasteiger partial charge in [-0.1, -0.05) is 42.5 Å². The van der Waals surface area contributed by atoms with Crippen LogP contribution in [0.2, 0.25) is 0 Å². The van der Waals surface area contributed by atoms with Gasteiger partial charge in [-0.3, -0.25) is 9.48 Å². The Labute approximate surface area is 230 Å². The number of fused-ring (bicyclic) bond motifs is 2. The zero-order valence-electron chi connectivity index (χ0n) is 21.3. The molecule has 0 bridgehead atoms. The molecule has 196 valence electrons. The summed E-state index contributed by atoms with van der Waals surface area (Å²) >= 11 is 2.28. The SMILES string of the molecule is C[C@H]1[C@H](C(C)(C)O)[C@@H](CCn2cc(CCO)nn2)O[C@]12C(=O)N(Cc1ccccc1)c1ccc(I)cc12. The standard InChI is InChI=1S/C28H33IN4O4/c1-18-25(27(2,3)36)24(11-13-32-17-21(12-14-34)30-31-32)37-28(18)22-15-20(29)9-10-23(22)33(26(28)35)16-19-7-5-4-6-8-19/h4-10,15,17-18,24-25,34,36H,11-14,16H2,1-3H3/t18-,24+,25-,28+/m0/s1. The van der Waals surface area contributed by atoms with Gasteiger partial charge in [-0.05, 0) is 66.6 Å². The summed E-state index contributed by atoms with van der Waals surface area (Å²) in [6.07, 6.45) is 2.47. The molecule has 3 heterocycles. The fourth-order valence-corrected chi connectivity index (χ4v) is 6.67. The van der Waals surface area contributed by atoms with Crippen LogP contribution in [-0.2, 0) is 34.6 Å². The maximum Gasteiger partial charge on any atom is 0.264 e. The minimum Gasteiger partial charge on any atom is -0.396 e. The van der Waals surface area contributed by atoms with Crippen LogP contribution >= 0.6 is 22.6 Å². The molecule has 2 aromatic carbocycles. The van der Waals surface area contributed by atoms with Crippen LogP contribution in [0, 0.1) is 15.4 Å². The van der Waals surface area contributed by atoms with Gasteiger partial charge in [0.05, 0.1) is 29.6 Å². The summed E-state index contributed by atoms with van der Waals surface area (Å²) in [5.74, 6) is -0.619. The van der Waals surface area contributed by atoms with Crippen molar-refractivity contribution >= 4 is 34.2 Å². The smallest absolute Gasteiger partial charge is 0.264 e. The number of carbonyl (C=O) groups is 1. The first-order valence-electron chi connectivity index (χ1n) is 12.7. The summed E-state index contributed by atoms with van der Waals surface area (Å²) in [6.45, 7) is 6.63. The highest BCUT2D eigenvalue weighted by molar-refractivity contribution is 14.1. The topological polar surface area (TPSA) is 101 Å². The molecule has 2 aliphatic rings. The van der Waals surface area contributed by atoms with Crippen molar-refractivity contribution in [2.45, 2.75) is 64.0 Å². The minimum atomic E-state index is -1.18. The molecule has 0 radical (unpaired) electrons. The third-order valence-electron chi connectivity index (χ3n) is 7.73. The highest BCUT2D eigenvalue weighted by Gasteiger charge is 2.65. The van der Waals surface area contributed by atoms with Gasteiger partial charge in [0.25, 0.3) is 5.91 Å². The number of aliphatic hydroxyl groups excluding tert-OH is 1. The van der Waals surface area contributed by atoms with Crippen molar-refractivity contribution < 1.29 is 19.7 Å². The Morgan fingerprint density at radius 1 is 1.19 bits per heavy atom. The number of hydrogen-bond donors (Lipinski definition) is 2. The van der Waals surface area contributed by atoms with Crippen LogP contribution in [0.5, 0.6) is 0 Å². The molecule has 0 saturated carbocycles. The predicted molar refractivity (Wildman–Crippen MR) is 148 cm³/mol. The maximum absolute atomic E-state index is 14.3. The second-order valence-electron chi connectivity index (χ2n) is 10.6.